The second kappa shape index (κ2) is 9.63. The second-order valence-corrected chi connectivity index (χ2v) is 7.45. The van der Waals surface area contributed by atoms with Crippen LogP contribution in [0.25, 0.3) is 11.4 Å². The molecule has 0 aliphatic carbocycles. The molecular formula is C22H24ClN3O4. The van der Waals surface area contributed by atoms with Gasteiger partial charge in [0.2, 0.25) is 11.7 Å². The first kappa shape index (κ1) is 21.6. The molecule has 1 amide bonds. The van der Waals surface area contributed by atoms with Gasteiger partial charge in [-0.3, -0.25) is 4.79 Å². The molecule has 0 saturated carbocycles. The van der Waals surface area contributed by atoms with Crippen molar-refractivity contribution in [3.63, 3.8) is 0 Å². The highest BCUT2D eigenvalue weighted by Crippen LogP contribution is 2.21. The molecule has 0 bridgehead atoms. The lowest BCUT2D eigenvalue weighted by molar-refractivity contribution is -0.140. The van der Waals surface area contributed by atoms with Crippen molar-refractivity contribution in [3.05, 3.63) is 59.4 Å². The maximum atomic E-state index is 13.0. The van der Waals surface area contributed by atoms with Gasteiger partial charge in [-0.15, -0.1) is 0 Å². The van der Waals surface area contributed by atoms with E-state index in [9.17, 15) is 4.79 Å². The average Bonchev–Trinajstić information content (AvgIpc) is 3.21. The zero-order chi connectivity index (χ0) is 21.7. The highest BCUT2D eigenvalue weighted by Gasteiger charge is 2.26. The van der Waals surface area contributed by atoms with Crippen molar-refractivity contribution in [2.75, 3.05) is 7.11 Å². The summed E-state index contributed by atoms with van der Waals surface area (Å²) in [5.74, 6) is 1.92. The van der Waals surface area contributed by atoms with E-state index in [1.165, 1.54) is 0 Å². The number of benzene rings is 2. The lowest BCUT2D eigenvalue weighted by atomic mass is 10.2. The molecule has 158 valence electrons. The van der Waals surface area contributed by atoms with Crippen molar-refractivity contribution in [2.24, 2.45) is 0 Å². The Balaban J connectivity index is 1.68. The van der Waals surface area contributed by atoms with E-state index in [0.29, 0.717) is 22.5 Å². The summed E-state index contributed by atoms with van der Waals surface area (Å²) in [6.07, 6.45) is -0.681. The number of nitrogens with zero attached hydrogens (tertiary/aromatic N) is 3. The molecule has 0 radical (unpaired) electrons. The minimum atomic E-state index is -0.681. The van der Waals surface area contributed by atoms with Gasteiger partial charge >= 0.3 is 0 Å². The molecule has 0 aliphatic rings. The zero-order valence-corrected chi connectivity index (χ0v) is 18.1. The van der Waals surface area contributed by atoms with Gasteiger partial charge in [-0.05, 0) is 69.3 Å². The largest absolute Gasteiger partial charge is 0.497 e. The Hall–Kier alpha value is -3.06. The van der Waals surface area contributed by atoms with Gasteiger partial charge in [0.05, 0.1) is 7.11 Å². The van der Waals surface area contributed by atoms with E-state index >= 15 is 0 Å². The molecule has 30 heavy (non-hydrogen) atoms. The Kier molecular flexibility index (Phi) is 6.95. The predicted octanol–water partition coefficient (Wildman–Crippen LogP) is 4.60. The summed E-state index contributed by atoms with van der Waals surface area (Å²) in [6.45, 7) is 5.76. The highest BCUT2D eigenvalue weighted by atomic mass is 35.5. The van der Waals surface area contributed by atoms with Gasteiger partial charge in [0.15, 0.2) is 6.10 Å². The molecule has 0 fully saturated rings. The summed E-state index contributed by atoms with van der Waals surface area (Å²) in [7, 11) is 1.60. The first-order valence-electron chi connectivity index (χ1n) is 9.57. The first-order chi connectivity index (χ1) is 14.4. The van der Waals surface area contributed by atoms with Crippen molar-refractivity contribution in [2.45, 2.75) is 39.5 Å². The van der Waals surface area contributed by atoms with Crippen LogP contribution in [0.5, 0.6) is 11.5 Å². The Morgan fingerprint density at radius 1 is 1.07 bits per heavy atom. The van der Waals surface area contributed by atoms with E-state index in [-0.39, 0.29) is 18.5 Å². The SMILES string of the molecule is COc1ccc(O[C@@H](C)C(=O)N(Cc2nc(-c3ccc(Cl)cc3)no2)C(C)C)cc1. The standard InChI is InChI=1S/C22H24ClN3O4/c1-14(2)26(22(27)15(3)29-19-11-9-18(28-4)10-12-19)13-20-24-21(25-30-20)16-5-7-17(23)8-6-16/h5-12,14-15H,13H2,1-4H3/t15-/m0/s1. The molecule has 1 aromatic heterocycles. The third-order valence-electron chi connectivity index (χ3n) is 4.50. The average molecular weight is 430 g/mol. The molecule has 7 nitrogen and oxygen atoms in total. The van der Waals surface area contributed by atoms with Crippen molar-refractivity contribution in [1.29, 1.82) is 0 Å². The van der Waals surface area contributed by atoms with Gasteiger partial charge in [0.1, 0.15) is 18.0 Å². The maximum absolute atomic E-state index is 13.0. The minimum Gasteiger partial charge on any atom is -0.497 e. The van der Waals surface area contributed by atoms with E-state index in [1.807, 2.05) is 26.0 Å². The molecule has 3 rings (SSSR count). The molecule has 0 N–H and O–H groups in total. The number of halogens is 1. The normalized spacial score (nSPS) is 11.9. The van der Waals surface area contributed by atoms with Crippen LogP contribution in [0.15, 0.2) is 53.1 Å². The molecular weight excluding hydrogens is 406 g/mol. The van der Waals surface area contributed by atoms with E-state index in [1.54, 1.807) is 55.3 Å². The molecule has 0 aliphatic heterocycles. The van der Waals surface area contributed by atoms with Crippen LogP contribution in [0.1, 0.15) is 26.7 Å². The number of hydrogen-bond acceptors (Lipinski definition) is 6. The van der Waals surface area contributed by atoms with Crippen LogP contribution < -0.4 is 9.47 Å². The van der Waals surface area contributed by atoms with Crippen LogP contribution in [0.3, 0.4) is 0 Å². The van der Waals surface area contributed by atoms with Gasteiger partial charge in [-0.25, -0.2) is 0 Å². The maximum Gasteiger partial charge on any atom is 0.264 e. The topological polar surface area (TPSA) is 77.7 Å². The number of ether oxygens (including phenoxy) is 2. The van der Waals surface area contributed by atoms with Gasteiger partial charge in [0.25, 0.3) is 5.91 Å². The van der Waals surface area contributed by atoms with Crippen LogP contribution >= 0.6 is 11.6 Å². The van der Waals surface area contributed by atoms with Gasteiger partial charge in [-0.2, -0.15) is 4.98 Å². The summed E-state index contributed by atoms with van der Waals surface area (Å²) >= 11 is 5.92. The van der Waals surface area contributed by atoms with Crippen molar-refractivity contribution >= 4 is 17.5 Å². The fraction of sp³-hybridized carbons (Fsp3) is 0.318. The van der Waals surface area contributed by atoms with Gasteiger partial charge in [0, 0.05) is 16.6 Å². The number of methoxy groups -OCH3 is 1. The first-order valence-corrected chi connectivity index (χ1v) is 9.95. The summed E-state index contributed by atoms with van der Waals surface area (Å²) in [4.78, 5) is 19.1. The molecule has 1 heterocycles. The van der Waals surface area contributed by atoms with Crippen molar-refractivity contribution in [3.8, 4) is 22.9 Å². The molecule has 1 atom stereocenters. The predicted molar refractivity (Wildman–Crippen MR) is 114 cm³/mol. The summed E-state index contributed by atoms with van der Waals surface area (Å²) in [6, 6.07) is 14.2. The lowest BCUT2D eigenvalue weighted by Crippen LogP contribution is -2.43. The zero-order valence-electron chi connectivity index (χ0n) is 17.3. The van der Waals surface area contributed by atoms with Crippen LogP contribution in [-0.2, 0) is 11.3 Å². The van der Waals surface area contributed by atoms with Crippen LogP contribution in [0.4, 0.5) is 0 Å². The molecule has 0 saturated heterocycles. The summed E-state index contributed by atoms with van der Waals surface area (Å²) in [5, 5.41) is 4.64. The number of carbonyl (C=O) groups excluding carboxylic acids is 1. The highest BCUT2D eigenvalue weighted by molar-refractivity contribution is 6.30. The minimum absolute atomic E-state index is 0.0784. The number of aromatic nitrogens is 2. The van der Waals surface area contributed by atoms with Crippen molar-refractivity contribution < 1.29 is 18.8 Å². The van der Waals surface area contributed by atoms with E-state index in [0.717, 1.165) is 11.3 Å². The fourth-order valence-electron chi connectivity index (χ4n) is 2.84. The van der Waals surface area contributed by atoms with E-state index in [2.05, 4.69) is 10.1 Å². The summed E-state index contributed by atoms with van der Waals surface area (Å²) in [5.41, 5.74) is 0.785. The molecule has 0 unspecified atom stereocenters. The monoisotopic (exact) mass is 429 g/mol. The van der Waals surface area contributed by atoms with Crippen LogP contribution in [0, 0.1) is 0 Å². The Labute approximate surface area is 180 Å². The number of carbonyl (C=O) groups is 1. The lowest BCUT2D eigenvalue weighted by Gasteiger charge is -2.28. The van der Waals surface area contributed by atoms with Gasteiger partial charge < -0.3 is 18.9 Å². The third-order valence-corrected chi connectivity index (χ3v) is 4.75. The quantitative estimate of drug-likeness (QED) is 0.520. The van der Waals surface area contributed by atoms with E-state index < -0.39 is 6.10 Å². The van der Waals surface area contributed by atoms with Crippen LogP contribution in [-0.4, -0.2) is 40.2 Å². The smallest absolute Gasteiger partial charge is 0.264 e. The van der Waals surface area contributed by atoms with Crippen LogP contribution in [0.2, 0.25) is 5.02 Å². The third kappa shape index (κ3) is 5.30. The summed E-state index contributed by atoms with van der Waals surface area (Å²) < 4.78 is 16.3. The fourth-order valence-corrected chi connectivity index (χ4v) is 2.96. The molecule has 0 spiro atoms. The second-order valence-electron chi connectivity index (χ2n) is 7.01. The number of amides is 1. The molecule has 3 aromatic rings. The Morgan fingerprint density at radius 2 is 1.70 bits per heavy atom. The Bertz CT molecular complexity index is 971. The number of rotatable bonds is 8. The molecule has 8 heteroatoms. The molecule has 2 aromatic carbocycles. The Morgan fingerprint density at radius 3 is 2.30 bits per heavy atom. The van der Waals surface area contributed by atoms with Crippen molar-refractivity contribution in [1.82, 2.24) is 15.0 Å². The van der Waals surface area contributed by atoms with Gasteiger partial charge in [-0.1, -0.05) is 16.8 Å². The number of hydrogen-bond donors (Lipinski definition) is 0. The van der Waals surface area contributed by atoms with E-state index in [4.69, 9.17) is 25.6 Å².